The molecule has 0 saturated carbocycles. The molecule has 1 aromatic carbocycles. The summed E-state index contributed by atoms with van der Waals surface area (Å²) < 4.78 is 0. The van der Waals surface area contributed by atoms with Crippen molar-refractivity contribution in [2.24, 2.45) is 0 Å². The maximum absolute atomic E-state index is 12.1. The molecule has 100 valence electrons. The number of amides is 3. The van der Waals surface area contributed by atoms with Crippen LogP contribution in [-0.2, 0) is 9.59 Å². The van der Waals surface area contributed by atoms with E-state index in [-0.39, 0.29) is 12.3 Å². The van der Waals surface area contributed by atoms with Crippen LogP contribution in [0.25, 0.3) is 0 Å². The van der Waals surface area contributed by atoms with Gasteiger partial charge in [-0.1, -0.05) is 12.1 Å². The van der Waals surface area contributed by atoms with Crippen molar-refractivity contribution in [2.45, 2.75) is 19.4 Å². The molecule has 1 heterocycles. The number of nitrogens with zero attached hydrogens (tertiary/aromatic N) is 1. The van der Waals surface area contributed by atoms with Gasteiger partial charge in [0.05, 0.1) is 12.0 Å². The number of hydrogen-bond acceptors (Lipinski definition) is 4. The zero-order valence-electron chi connectivity index (χ0n) is 10.8. The van der Waals surface area contributed by atoms with Crippen LogP contribution >= 0.6 is 0 Å². The minimum atomic E-state index is -0.801. The number of aryl methyl sites for hydroxylation is 1. The van der Waals surface area contributed by atoms with E-state index in [0.29, 0.717) is 11.3 Å². The van der Waals surface area contributed by atoms with Gasteiger partial charge in [0.1, 0.15) is 6.04 Å². The number of anilines is 1. The third-order valence-corrected chi connectivity index (χ3v) is 3.26. The molecule has 1 aromatic rings. The number of hydrogen-bond donors (Lipinski definition) is 2. The van der Waals surface area contributed by atoms with Gasteiger partial charge in [-0.05, 0) is 18.6 Å². The van der Waals surface area contributed by atoms with Crippen molar-refractivity contribution < 1.29 is 14.4 Å². The van der Waals surface area contributed by atoms with Gasteiger partial charge in [-0.3, -0.25) is 19.3 Å². The van der Waals surface area contributed by atoms with E-state index >= 15 is 0 Å². The van der Waals surface area contributed by atoms with Crippen LogP contribution in [0.15, 0.2) is 18.2 Å². The van der Waals surface area contributed by atoms with Gasteiger partial charge >= 0.3 is 0 Å². The van der Waals surface area contributed by atoms with Crippen molar-refractivity contribution in [2.75, 3.05) is 12.8 Å². The Morgan fingerprint density at radius 3 is 2.68 bits per heavy atom. The van der Waals surface area contributed by atoms with Crippen molar-refractivity contribution in [3.05, 3.63) is 29.3 Å². The molecular weight excluding hydrogens is 246 g/mol. The summed E-state index contributed by atoms with van der Waals surface area (Å²) in [6.45, 7) is 1.80. The topological polar surface area (TPSA) is 92.5 Å². The molecule has 2 rings (SSSR count). The van der Waals surface area contributed by atoms with E-state index in [1.54, 1.807) is 25.1 Å². The Morgan fingerprint density at radius 2 is 2.11 bits per heavy atom. The minimum Gasteiger partial charge on any atom is -0.398 e. The van der Waals surface area contributed by atoms with Crippen LogP contribution in [0.1, 0.15) is 22.3 Å². The monoisotopic (exact) mass is 261 g/mol. The first-order valence-electron chi connectivity index (χ1n) is 5.88. The Hall–Kier alpha value is -2.37. The normalized spacial score (nSPS) is 18.8. The molecule has 1 fully saturated rings. The molecule has 0 spiro atoms. The smallest absolute Gasteiger partial charge is 0.254 e. The highest BCUT2D eigenvalue weighted by Gasteiger charge is 2.37. The first-order chi connectivity index (χ1) is 8.91. The van der Waals surface area contributed by atoms with E-state index in [2.05, 4.69) is 5.32 Å². The van der Waals surface area contributed by atoms with Crippen molar-refractivity contribution in [3.63, 3.8) is 0 Å². The molecule has 3 amide bonds. The SMILES string of the molecule is Cc1cccc(C(=O)NC2CC(=O)N(C)C2=O)c1N. The maximum atomic E-state index is 12.1. The van der Waals surface area contributed by atoms with Crippen molar-refractivity contribution in [1.82, 2.24) is 10.2 Å². The number of likely N-dealkylation sites (tertiary alicyclic amines) is 1. The van der Waals surface area contributed by atoms with Crippen LogP contribution < -0.4 is 11.1 Å². The summed E-state index contributed by atoms with van der Waals surface area (Å²) in [7, 11) is 1.40. The summed E-state index contributed by atoms with van der Waals surface area (Å²) in [5.41, 5.74) is 7.31. The lowest BCUT2D eigenvalue weighted by Gasteiger charge is -2.13. The van der Waals surface area contributed by atoms with E-state index < -0.39 is 17.9 Å². The molecule has 1 aliphatic rings. The Morgan fingerprint density at radius 1 is 1.42 bits per heavy atom. The van der Waals surface area contributed by atoms with Crippen LogP contribution in [0.2, 0.25) is 0 Å². The number of benzene rings is 1. The van der Waals surface area contributed by atoms with Gasteiger partial charge in [0.15, 0.2) is 0 Å². The zero-order chi connectivity index (χ0) is 14.2. The summed E-state index contributed by atoms with van der Waals surface area (Å²) >= 11 is 0. The molecule has 0 bridgehead atoms. The number of para-hydroxylation sites is 1. The van der Waals surface area contributed by atoms with Gasteiger partial charge in [-0.2, -0.15) is 0 Å². The molecule has 1 unspecified atom stereocenters. The van der Waals surface area contributed by atoms with Crippen LogP contribution in [0, 0.1) is 6.92 Å². The molecule has 1 aliphatic heterocycles. The highest BCUT2D eigenvalue weighted by molar-refractivity contribution is 6.08. The largest absolute Gasteiger partial charge is 0.398 e. The lowest BCUT2D eigenvalue weighted by atomic mass is 10.1. The molecule has 19 heavy (non-hydrogen) atoms. The second kappa shape index (κ2) is 4.72. The van der Waals surface area contributed by atoms with Gasteiger partial charge < -0.3 is 11.1 Å². The summed E-state index contributed by atoms with van der Waals surface area (Å²) in [6.07, 6.45) is -0.00715. The predicted molar refractivity (Wildman–Crippen MR) is 69.2 cm³/mol. The van der Waals surface area contributed by atoms with E-state index in [0.717, 1.165) is 10.5 Å². The summed E-state index contributed by atoms with van der Waals surface area (Å²) in [6, 6.07) is 4.30. The predicted octanol–water partition coefficient (Wildman–Crippen LogP) is 0.0643. The van der Waals surface area contributed by atoms with E-state index in [1.165, 1.54) is 7.05 Å². The summed E-state index contributed by atoms with van der Waals surface area (Å²) in [5, 5.41) is 2.54. The highest BCUT2D eigenvalue weighted by Crippen LogP contribution is 2.17. The molecule has 0 radical (unpaired) electrons. The average Bonchev–Trinajstić information content (AvgIpc) is 2.60. The third kappa shape index (κ3) is 2.29. The van der Waals surface area contributed by atoms with Gasteiger partial charge in [-0.15, -0.1) is 0 Å². The molecule has 1 atom stereocenters. The van der Waals surface area contributed by atoms with Gasteiger partial charge in [-0.25, -0.2) is 0 Å². The van der Waals surface area contributed by atoms with Crippen molar-refractivity contribution in [1.29, 1.82) is 0 Å². The maximum Gasteiger partial charge on any atom is 0.254 e. The van der Waals surface area contributed by atoms with E-state index in [1.807, 2.05) is 0 Å². The number of nitrogen functional groups attached to an aromatic ring is 1. The van der Waals surface area contributed by atoms with Gasteiger partial charge in [0.2, 0.25) is 5.91 Å². The molecule has 1 saturated heterocycles. The summed E-state index contributed by atoms with van der Waals surface area (Å²) in [4.78, 5) is 36.1. The molecular formula is C13H15N3O3. The molecule has 6 heteroatoms. The lowest BCUT2D eigenvalue weighted by molar-refractivity contribution is -0.137. The Bertz CT molecular complexity index is 568. The standard InChI is InChI=1S/C13H15N3O3/c1-7-4-3-5-8(11(7)14)12(18)15-9-6-10(17)16(2)13(9)19/h3-5,9H,6,14H2,1-2H3,(H,15,18). The second-order valence-corrected chi connectivity index (χ2v) is 4.56. The number of nitrogens with two attached hydrogens (primary N) is 1. The first kappa shape index (κ1) is 13.1. The zero-order valence-corrected chi connectivity index (χ0v) is 10.8. The fourth-order valence-corrected chi connectivity index (χ4v) is 1.98. The highest BCUT2D eigenvalue weighted by atomic mass is 16.2. The Kier molecular flexibility index (Phi) is 3.25. The second-order valence-electron chi connectivity index (χ2n) is 4.56. The van der Waals surface area contributed by atoms with Gasteiger partial charge in [0, 0.05) is 12.7 Å². The number of carbonyl (C=O) groups excluding carboxylic acids is 3. The Labute approximate surface area is 110 Å². The number of rotatable bonds is 2. The molecule has 6 nitrogen and oxygen atoms in total. The van der Waals surface area contributed by atoms with E-state index in [9.17, 15) is 14.4 Å². The van der Waals surface area contributed by atoms with Crippen LogP contribution in [0.3, 0.4) is 0 Å². The first-order valence-corrected chi connectivity index (χ1v) is 5.88. The minimum absolute atomic E-state index is 0.00715. The third-order valence-electron chi connectivity index (χ3n) is 3.26. The molecule has 0 aromatic heterocycles. The fourth-order valence-electron chi connectivity index (χ4n) is 1.98. The van der Waals surface area contributed by atoms with Crippen molar-refractivity contribution >= 4 is 23.4 Å². The van der Waals surface area contributed by atoms with Crippen molar-refractivity contribution in [3.8, 4) is 0 Å². The number of likely N-dealkylation sites (N-methyl/N-ethyl adjacent to an activating group) is 1. The summed E-state index contributed by atoms with van der Waals surface area (Å²) in [5.74, 6) is -1.14. The lowest BCUT2D eigenvalue weighted by Crippen LogP contribution is -2.40. The quantitative estimate of drug-likeness (QED) is 0.582. The van der Waals surface area contributed by atoms with Gasteiger partial charge in [0.25, 0.3) is 11.8 Å². The average molecular weight is 261 g/mol. The molecule has 3 N–H and O–H groups in total. The van der Waals surface area contributed by atoms with Crippen LogP contribution in [0.4, 0.5) is 5.69 Å². The Balaban J connectivity index is 2.16. The molecule has 0 aliphatic carbocycles. The van der Waals surface area contributed by atoms with Crippen LogP contribution in [0.5, 0.6) is 0 Å². The van der Waals surface area contributed by atoms with Crippen LogP contribution in [-0.4, -0.2) is 35.7 Å². The van der Waals surface area contributed by atoms with E-state index in [4.69, 9.17) is 5.73 Å². The fraction of sp³-hybridized carbons (Fsp3) is 0.308. The number of nitrogens with one attached hydrogen (secondary N) is 1. The number of imide groups is 1. The number of carbonyl (C=O) groups is 3.